The van der Waals surface area contributed by atoms with Gasteiger partial charge in [0.25, 0.3) is 0 Å². The van der Waals surface area contributed by atoms with E-state index in [9.17, 15) is 0 Å². The molecular weight excluding hydrogens is 224 g/mol. The minimum absolute atomic E-state index is 0.564. The minimum atomic E-state index is 0.564. The van der Waals surface area contributed by atoms with Crippen molar-refractivity contribution >= 4 is 0 Å². The van der Waals surface area contributed by atoms with Crippen LogP contribution in [0.3, 0.4) is 0 Å². The van der Waals surface area contributed by atoms with Gasteiger partial charge in [-0.25, -0.2) is 4.98 Å². The van der Waals surface area contributed by atoms with Gasteiger partial charge >= 0.3 is 0 Å². The highest BCUT2D eigenvalue weighted by molar-refractivity contribution is 4.93. The predicted octanol–water partition coefficient (Wildman–Crippen LogP) is 1.87. The Morgan fingerprint density at radius 3 is 3.00 bits per heavy atom. The van der Waals surface area contributed by atoms with E-state index in [1.165, 1.54) is 25.2 Å². The lowest BCUT2D eigenvalue weighted by Gasteiger charge is -2.29. The molecule has 0 aromatic carbocycles. The number of aryl methyl sites for hydroxylation is 1. The van der Waals surface area contributed by atoms with Gasteiger partial charge in [0.15, 0.2) is 0 Å². The summed E-state index contributed by atoms with van der Waals surface area (Å²) in [6.45, 7) is 11.0. The number of nitrogens with zero attached hydrogens (tertiary/aromatic N) is 3. The molecule has 1 atom stereocenters. The Labute approximate surface area is 110 Å². The van der Waals surface area contributed by atoms with E-state index in [1.54, 1.807) is 0 Å². The Morgan fingerprint density at radius 1 is 1.56 bits per heavy atom. The van der Waals surface area contributed by atoms with Crippen LogP contribution in [0.25, 0.3) is 0 Å². The molecule has 1 aliphatic rings. The zero-order chi connectivity index (χ0) is 13.0. The fraction of sp³-hybridized carbons (Fsp3) is 0.786. The van der Waals surface area contributed by atoms with E-state index < -0.39 is 0 Å². The monoisotopic (exact) mass is 250 g/mol. The molecular formula is C14H26N4. The van der Waals surface area contributed by atoms with Crippen molar-refractivity contribution in [3.05, 3.63) is 18.2 Å². The molecule has 1 N–H and O–H groups in total. The summed E-state index contributed by atoms with van der Waals surface area (Å²) in [5, 5.41) is 3.58. The van der Waals surface area contributed by atoms with Crippen LogP contribution >= 0.6 is 0 Å². The molecule has 0 spiro atoms. The molecule has 2 heterocycles. The second-order valence-electron chi connectivity index (χ2n) is 5.45. The average molecular weight is 250 g/mol. The third-order valence-electron chi connectivity index (χ3n) is 3.83. The minimum Gasteiger partial charge on any atom is -0.334 e. The molecule has 2 rings (SSSR count). The van der Waals surface area contributed by atoms with Crippen LogP contribution in [-0.2, 0) is 13.1 Å². The molecule has 1 fully saturated rings. The number of hydrogen-bond donors (Lipinski definition) is 1. The standard InChI is InChI=1S/C14H26N4/c1-4-17-9-8-16-14(17)11-18(12(2)3)10-13-6-5-7-15-13/h8-9,12-13,15H,4-7,10-11H2,1-3H3. The highest BCUT2D eigenvalue weighted by atomic mass is 15.2. The summed E-state index contributed by atoms with van der Waals surface area (Å²) in [6, 6.07) is 1.23. The zero-order valence-electron chi connectivity index (χ0n) is 11.9. The normalized spacial score (nSPS) is 20.2. The van der Waals surface area contributed by atoms with Crippen LogP contribution in [0.4, 0.5) is 0 Å². The van der Waals surface area contributed by atoms with Crippen LogP contribution in [0.15, 0.2) is 12.4 Å². The van der Waals surface area contributed by atoms with Gasteiger partial charge in [0.2, 0.25) is 0 Å². The maximum atomic E-state index is 4.48. The van der Waals surface area contributed by atoms with Gasteiger partial charge in [-0.1, -0.05) is 0 Å². The Balaban J connectivity index is 1.97. The fourth-order valence-electron chi connectivity index (χ4n) is 2.61. The molecule has 0 radical (unpaired) electrons. The van der Waals surface area contributed by atoms with E-state index >= 15 is 0 Å². The third kappa shape index (κ3) is 3.33. The second kappa shape index (κ2) is 6.34. The Bertz CT molecular complexity index is 352. The Hall–Kier alpha value is -0.870. The van der Waals surface area contributed by atoms with E-state index in [0.717, 1.165) is 19.6 Å². The second-order valence-corrected chi connectivity index (χ2v) is 5.45. The first kappa shape index (κ1) is 13.6. The fourth-order valence-corrected chi connectivity index (χ4v) is 2.61. The number of hydrogen-bond acceptors (Lipinski definition) is 3. The number of imidazole rings is 1. The average Bonchev–Trinajstić information content (AvgIpc) is 2.98. The van der Waals surface area contributed by atoms with Crippen molar-refractivity contribution in [3.8, 4) is 0 Å². The topological polar surface area (TPSA) is 33.1 Å². The molecule has 0 aliphatic carbocycles. The molecule has 4 nitrogen and oxygen atoms in total. The SMILES string of the molecule is CCn1ccnc1CN(CC1CCCN1)C(C)C. The summed E-state index contributed by atoms with van der Waals surface area (Å²) < 4.78 is 2.23. The zero-order valence-corrected chi connectivity index (χ0v) is 11.9. The van der Waals surface area contributed by atoms with Crippen LogP contribution in [0.2, 0.25) is 0 Å². The van der Waals surface area contributed by atoms with Gasteiger partial charge in [0.05, 0.1) is 6.54 Å². The number of nitrogens with one attached hydrogen (secondary N) is 1. The molecule has 1 aromatic rings. The summed E-state index contributed by atoms with van der Waals surface area (Å²) in [4.78, 5) is 7.01. The van der Waals surface area contributed by atoms with Gasteiger partial charge in [-0.3, -0.25) is 4.90 Å². The van der Waals surface area contributed by atoms with Gasteiger partial charge in [-0.05, 0) is 40.2 Å². The van der Waals surface area contributed by atoms with E-state index in [1.807, 2.05) is 6.20 Å². The van der Waals surface area contributed by atoms with Crippen molar-refractivity contribution < 1.29 is 0 Å². The third-order valence-corrected chi connectivity index (χ3v) is 3.83. The van der Waals surface area contributed by atoms with E-state index in [2.05, 4.69) is 46.7 Å². The van der Waals surface area contributed by atoms with E-state index in [0.29, 0.717) is 12.1 Å². The number of aromatic nitrogens is 2. The van der Waals surface area contributed by atoms with E-state index in [-0.39, 0.29) is 0 Å². The maximum absolute atomic E-state index is 4.48. The highest BCUT2D eigenvalue weighted by Crippen LogP contribution is 2.12. The summed E-state index contributed by atoms with van der Waals surface area (Å²) in [6.07, 6.45) is 6.61. The van der Waals surface area contributed by atoms with Crippen LogP contribution < -0.4 is 5.32 Å². The van der Waals surface area contributed by atoms with Crippen molar-refractivity contribution in [2.24, 2.45) is 0 Å². The molecule has 0 bridgehead atoms. The van der Waals surface area contributed by atoms with Gasteiger partial charge in [-0.2, -0.15) is 0 Å². The van der Waals surface area contributed by atoms with Crippen LogP contribution in [0.5, 0.6) is 0 Å². The molecule has 1 saturated heterocycles. The van der Waals surface area contributed by atoms with Crippen molar-refractivity contribution in [1.29, 1.82) is 0 Å². The molecule has 0 amide bonds. The molecule has 0 saturated carbocycles. The van der Waals surface area contributed by atoms with Gasteiger partial charge < -0.3 is 9.88 Å². The van der Waals surface area contributed by atoms with Crippen molar-refractivity contribution in [3.63, 3.8) is 0 Å². The predicted molar refractivity (Wildman–Crippen MR) is 74.5 cm³/mol. The summed E-state index contributed by atoms with van der Waals surface area (Å²) in [5.41, 5.74) is 0. The lowest BCUT2D eigenvalue weighted by Crippen LogP contribution is -2.41. The first-order chi connectivity index (χ1) is 8.70. The van der Waals surface area contributed by atoms with Crippen LogP contribution in [0, 0.1) is 0 Å². The van der Waals surface area contributed by atoms with Crippen molar-refractivity contribution in [1.82, 2.24) is 19.8 Å². The molecule has 18 heavy (non-hydrogen) atoms. The number of rotatable bonds is 6. The van der Waals surface area contributed by atoms with Gasteiger partial charge in [0, 0.05) is 37.6 Å². The first-order valence-electron chi connectivity index (χ1n) is 7.18. The van der Waals surface area contributed by atoms with Gasteiger partial charge in [0.1, 0.15) is 5.82 Å². The Morgan fingerprint density at radius 2 is 2.39 bits per heavy atom. The summed E-state index contributed by atoms with van der Waals surface area (Å²) in [7, 11) is 0. The highest BCUT2D eigenvalue weighted by Gasteiger charge is 2.20. The quantitative estimate of drug-likeness (QED) is 0.836. The molecule has 102 valence electrons. The Kier molecular flexibility index (Phi) is 4.78. The summed E-state index contributed by atoms with van der Waals surface area (Å²) >= 11 is 0. The molecule has 1 unspecified atom stereocenters. The van der Waals surface area contributed by atoms with Crippen molar-refractivity contribution in [2.45, 2.75) is 58.8 Å². The van der Waals surface area contributed by atoms with Gasteiger partial charge in [-0.15, -0.1) is 0 Å². The van der Waals surface area contributed by atoms with E-state index in [4.69, 9.17) is 0 Å². The van der Waals surface area contributed by atoms with Crippen LogP contribution in [-0.4, -0.2) is 39.6 Å². The lowest BCUT2D eigenvalue weighted by atomic mass is 10.2. The molecule has 4 heteroatoms. The maximum Gasteiger partial charge on any atom is 0.122 e. The molecule has 1 aromatic heterocycles. The smallest absolute Gasteiger partial charge is 0.122 e. The first-order valence-corrected chi connectivity index (χ1v) is 7.18. The largest absolute Gasteiger partial charge is 0.334 e. The summed E-state index contributed by atoms with van der Waals surface area (Å²) in [5.74, 6) is 1.18. The van der Waals surface area contributed by atoms with Crippen LogP contribution in [0.1, 0.15) is 39.4 Å². The van der Waals surface area contributed by atoms with Crippen molar-refractivity contribution in [2.75, 3.05) is 13.1 Å². The molecule has 1 aliphatic heterocycles. The lowest BCUT2D eigenvalue weighted by molar-refractivity contribution is 0.187.